The minimum Gasteiger partial charge on any atom is -0.496 e. The molecule has 0 unspecified atom stereocenters. The average Bonchev–Trinajstić information content (AvgIpc) is 2.41. The van der Waals surface area contributed by atoms with Gasteiger partial charge in [0.05, 0.1) is 17.7 Å². The molecule has 0 N–H and O–H groups in total. The summed E-state index contributed by atoms with van der Waals surface area (Å²) in [4.78, 5) is 12.9. The van der Waals surface area contributed by atoms with Crippen LogP contribution in [0.4, 0.5) is 0 Å². The van der Waals surface area contributed by atoms with E-state index >= 15 is 0 Å². The molecule has 5 heteroatoms. The number of ketones is 1. The van der Waals surface area contributed by atoms with Crippen molar-refractivity contribution >= 4 is 44.9 Å². The van der Waals surface area contributed by atoms with E-state index in [0.717, 1.165) is 15.6 Å². The third-order valence-electron chi connectivity index (χ3n) is 3.27. The lowest BCUT2D eigenvalue weighted by Crippen LogP contribution is -2.09. The maximum atomic E-state index is 12.9. The third-order valence-corrected chi connectivity index (χ3v) is 4.64. The number of carbonyl (C=O) groups excluding carboxylic acids is 1. The van der Waals surface area contributed by atoms with Crippen LogP contribution in [0.25, 0.3) is 0 Å². The number of methoxy groups -OCH3 is 1. The number of halogens is 3. The van der Waals surface area contributed by atoms with E-state index in [9.17, 15) is 4.79 Å². The van der Waals surface area contributed by atoms with Gasteiger partial charge >= 0.3 is 0 Å². The minimum atomic E-state index is -0.185. The van der Waals surface area contributed by atoms with Crippen molar-refractivity contribution in [1.29, 1.82) is 0 Å². The van der Waals surface area contributed by atoms with Crippen LogP contribution in [0.2, 0.25) is 10.0 Å². The summed E-state index contributed by atoms with van der Waals surface area (Å²) >= 11 is 15.5. The first-order valence-electron chi connectivity index (χ1n) is 6.20. The summed E-state index contributed by atoms with van der Waals surface area (Å²) in [5.41, 5.74) is 2.60. The van der Waals surface area contributed by atoms with Gasteiger partial charge in [0.2, 0.25) is 0 Å². The fourth-order valence-corrected chi connectivity index (χ4v) is 3.23. The SMILES string of the molecule is COc1c(C)cc(Br)c(C)c1C(=O)c1ccc(Cl)cc1Cl. The molecule has 110 valence electrons. The van der Waals surface area contributed by atoms with Gasteiger partial charge in [-0.1, -0.05) is 39.1 Å². The molecule has 0 saturated heterocycles. The molecule has 2 rings (SSSR count). The number of hydrogen-bond donors (Lipinski definition) is 0. The van der Waals surface area contributed by atoms with Gasteiger partial charge in [-0.25, -0.2) is 0 Å². The second-order valence-corrected chi connectivity index (χ2v) is 6.36. The van der Waals surface area contributed by atoms with Crippen LogP contribution in [0, 0.1) is 13.8 Å². The van der Waals surface area contributed by atoms with Gasteiger partial charge in [-0.15, -0.1) is 0 Å². The number of rotatable bonds is 3. The lowest BCUT2D eigenvalue weighted by molar-refractivity contribution is 0.103. The second kappa shape index (κ2) is 6.39. The molecule has 21 heavy (non-hydrogen) atoms. The molecule has 0 radical (unpaired) electrons. The lowest BCUT2D eigenvalue weighted by atomic mass is 9.96. The third kappa shape index (κ3) is 3.10. The number of hydrogen-bond acceptors (Lipinski definition) is 2. The van der Waals surface area contributed by atoms with E-state index < -0.39 is 0 Å². The molecule has 0 aliphatic carbocycles. The summed E-state index contributed by atoms with van der Waals surface area (Å²) in [5.74, 6) is 0.377. The largest absolute Gasteiger partial charge is 0.496 e. The number of aryl methyl sites for hydroxylation is 1. The van der Waals surface area contributed by atoms with E-state index in [1.54, 1.807) is 25.3 Å². The first-order valence-corrected chi connectivity index (χ1v) is 7.75. The Labute approximate surface area is 142 Å². The smallest absolute Gasteiger partial charge is 0.198 e. The molecule has 2 nitrogen and oxygen atoms in total. The van der Waals surface area contributed by atoms with E-state index in [-0.39, 0.29) is 5.78 Å². The summed E-state index contributed by atoms with van der Waals surface area (Å²) in [7, 11) is 1.55. The van der Waals surface area contributed by atoms with E-state index in [4.69, 9.17) is 27.9 Å². The van der Waals surface area contributed by atoms with Crippen LogP contribution in [0.3, 0.4) is 0 Å². The number of carbonyl (C=O) groups is 1. The molecule has 0 fully saturated rings. The molecule has 2 aromatic rings. The zero-order valence-corrected chi connectivity index (χ0v) is 14.9. The van der Waals surface area contributed by atoms with Crippen LogP contribution in [0.1, 0.15) is 27.0 Å². The van der Waals surface area contributed by atoms with Gasteiger partial charge in [0, 0.05) is 15.1 Å². The van der Waals surface area contributed by atoms with E-state index in [0.29, 0.717) is 26.9 Å². The van der Waals surface area contributed by atoms with Crippen molar-refractivity contribution in [3.05, 3.63) is 61.0 Å². The predicted octanol–water partition coefficient (Wildman–Crippen LogP) is 5.61. The zero-order valence-electron chi connectivity index (χ0n) is 11.8. The summed E-state index contributed by atoms with van der Waals surface area (Å²) in [6, 6.07) is 6.76. The van der Waals surface area contributed by atoms with Crippen LogP contribution in [-0.4, -0.2) is 12.9 Å². The van der Waals surface area contributed by atoms with Crippen molar-refractivity contribution in [3.63, 3.8) is 0 Å². The topological polar surface area (TPSA) is 26.3 Å². The van der Waals surface area contributed by atoms with Gasteiger partial charge in [0.1, 0.15) is 5.75 Å². The quantitative estimate of drug-likeness (QED) is 0.639. The normalized spacial score (nSPS) is 10.6. The van der Waals surface area contributed by atoms with Gasteiger partial charge in [0.15, 0.2) is 5.78 Å². The van der Waals surface area contributed by atoms with Gasteiger partial charge in [0.25, 0.3) is 0 Å². The molecule has 0 aromatic heterocycles. The van der Waals surface area contributed by atoms with Gasteiger partial charge in [-0.05, 0) is 49.2 Å². The first-order chi connectivity index (χ1) is 9.86. The van der Waals surface area contributed by atoms with Crippen LogP contribution >= 0.6 is 39.1 Å². The first kappa shape index (κ1) is 16.3. The Balaban J connectivity index is 2.68. The summed E-state index contributed by atoms with van der Waals surface area (Å²) in [5, 5.41) is 0.817. The van der Waals surface area contributed by atoms with E-state index in [1.807, 2.05) is 19.9 Å². The Morgan fingerprint density at radius 2 is 1.86 bits per heavy atom. The number of ether oxygens (including phenoxy) is 1. The molecule has 0 aliphatic rings. The van der Waals surface area contributed by atoms with Crippen molar-refractivity contribution in [2.24, 2.45) is 0 Å². The maximum Gasteiger partial charge on any atom is 0.198 e. The standard InChI is InChI=1S/C16H13BrCl2O2/c1-8-6-12(17)9(2)14(16(8)21-3)15(20)11-5-4-10(18)7-13(11)19/h4-7H,1-3H3. The molecular weight excluding hydrogens is 375 g/mol. The highest BCUT2D eigenvalue weighted by atomic mass is 79.9. The monoisotopic (exact) mass is 386 g/mol. The van der Waals surface area contributed by atoms with Crippen molar-refractivity contribution < 1.29 is 9.53 Å². The molecular formula is C16H13BrCl2O2. The van der Waals surface area contributed by atoms with Crippen molar-refractivity contribution in [2.75, 3.05) is 7.11 Å². The summed E-state index contributed by atoms with van der Waals surface area (Å²) in [6.07, 6.45) is 0. The maximum absolute atomic E-state index is 12.9. The molecule has 0 heterocycles. The molecule has 0 spiro atoms. The highest BCUT2D eigenvalue weighted by molar-refractivity contribution is 9.10. The second-order valence-electron chi connectivity index (χ2n) is 4.66. The lowest BCUT2D eigenvalue weighted by Gasteiger charge is -2.15. The van der Waals surface area contributed by atoms with E-state index in [2.05, 4.69) is 15.9 Å². The van der Waals surface area contributed by atoms with Crippen molar-refractivity contribution in [1.82, 2.24) is 0 Å². The highest BCUT2D eigenvalue weighted by Gasteiger charge is 2.22. The Hall–Kier alpha value is -1.03. The van der Waals surface area contributed by atoms with Crippen LogP contribution < -0.4 is 4.74 Å². The molecule has 2 aromatic carbocycles. The van der Waals surface area contributed by atoms with Gasteiger partial charge in [-0.3, -0.25) is 4.79 Å². The molecule has 0 atom stereocenters. The molecule has 0 bridgehead atoms. The molecule has 0 aliphatic heterocycles. The fourth-order valence-electron chi connectivity index (χ4n) is 2.20. The Morgan fingerprint density at radius 3 is 2.43 bits per heavy atom. The Morgan fingerprint density at radius 1 is 1.19 bits per heavy atom. The van der Waals surface area contributed by atoms with Crippen LogP contribution in [-0.2, 0) is 0 Å². The zero-order chi connectivity index (χ0) is 15.7. The Kier molecular flexibility index (Phi) is 4.97. The predicted molar refractivity (Wildman–Crippen MR) is 90.1 cm³/mol. The number of benzene rings is 2. The fraction of sp³-hybridized carbons (Fsp3) is 0.188. The van der Waals surface area contributed by atoms with E-state index in [1.165, 1.54) is 0 Å². The molecule has 0 saturated carbocycles. The Bertz CT molecular complexity index is 727. The van der Waals surface area contributed by atoms with Crippen molar-refractivity contribution in [3.8, 4) is 5.75 Å². The van der Waals surface area contributed by atoms with Gasteiger partial charge in [-0.2, -0.15) is 0 Å². The van der Waals surface area contributed by atoms with Crippen LogP contribution in [0.5, 0.6) is 5.75 Å². The highest BCUT2D eigenvalue weighted by Crippen LogP contribution is 2.35. The average molecular weight is 388 g/mol. The summed E-state index contributed by atoms with van der Waals surface area (Å²) in [6.45, 7) is 3.76. The van der Waals surface area contributed by atoms with Crippen LogP contribution in [0.15, 0.2) is 28.7 Å². The minimum absolute atomic E-state index is 0.185. The molecule has 0 amide bonds. The summed E-state index contributed by atoms with van der Waals surface area (Å²) < 4.78 is 6.26. The van der Waals surface area contributed by atoms with Crippen molar-refractivity contribution in [2.45, 2.75) is 13.8 Å². The van der Waals surface area contributed by atoms with Gasteiger partial charge < -0.3 is 4.74 Å².